The molecule has 0 aliphatic carbocycles. The molecule has 0 unspecified atom stereocenters. The Labute approximate surface area is 92.1 Å². The molecule has 0 N–H and O–H groups in total. The first-order chi connectivity index (χ1) is 5.91. The van der Waals surface area contributed by atoms with Gasteiger partial charge in [-0.1, -0.05) is 0 Å². The average Bonchev–Trinajstić information content (AvgIpc) is 2.10. The van der Waals surface area contributed by atoms with Gasteiger partial charge in [-0.3, -0.25) is 0 Å². The quantitative estimate of drug-likeness (QED) is 0.337. The fraction of sp³-hybridized carbons (Fsp3) is 0.600. The van der Waals surface area contributed by atoms with Crippen LogP contribution in [-0.2, 0) is 34.3 Å². The summed E-state index contributed by atoms with van der Waals surface area (Å²) in [6, 6.07) is 0. The van der Waals surface area contributed by atoms with Gasteiger partial charge in [0.25, 0.3) is 0 Å². The number of rotatable bonds is 9. The zero-order valence-corrected chi connectivity index (χ0v) is 14.2. The van der Waals surface area contributed by atoms with E-state index in [1.165, 1.54) is 22.9 Å². The maximum absolute atomic E-state index is 3.76. The van der Waals surface area contributed by atoms with Crippen molar-refractivity contribution in [3.8, 4) is 0 Å². The van der Waals surface area contributed by atoms with E-state index in [4.69, 9.17) is 0 Å². The van der Waals surface area contributed by atoms with Crippen LogP contribution in [-0.4, -0.2) is 0 Å². The molecule has 12 heavy (non-hydrogen) atoms. The summed E-state index contributed by atoms with van der Waals surface area (Å²) in [5.41, 5.74) is 0. The standard InChI is InChI=1S/C4H8.2C3H5.2Zn/c1-3-4-2;2*1-3-2;;/h1-4H2;2*3H,1-2H2;;. The summed E-state index contributed by atoms with van der Waals surface area (Å²) in [5.74, 6) is 0. The van der Waals surface area contributed by atoms with Gasteiger partial charge in [-0.25, -0.2) is 0 Å². The van der Waals surface area contributed by atoms with E-state index in [0.717, 1.165) is 0 Å². The molecule has 0 fully saturated rings. The van der Waals surface area contributed by atoms with Crippen molar-refractivity contribution in [3.63, 3.8) is 0 Å². The second-order valence-electron chi connectivity index (χ2n) is 3.28. The van der Waals surface area contributed by atoms with Crippen LogP contribution in [0.25, 0.3) is 0 Å². The average molecular weight is 269 g/mol. The first kappa shape index (κ1) is 12.7. The molecule has 0 aromatic rings. The normalized spacial score (nSPS) is 8.33. The molecule has 0 bridgehead atoms. The Bertz CT molecular complexity index is 96.4. The summed E-state index contributed by atoms with van der Waals surface area (Å²) in [4.78, 5) is 0. The van der Waals surface area contributed by atoms with E-state index in [2.05, 4.69) is 25.3 Å². The van der Waals surface area contributed by atoms with Gasteiger partial charge in [-0.2, -0.15) is 0 Å². The minimum atomic E-state index is -0.127. The van der Waals surface area contributed by atoms with Gasteiger partial charge in [0.15, 0.2) is 0 Å². The molecule has 2 heteroatoms. The fourth-order valence-electron chi connectivity index (χ4n) is 1.28. The van der Waals surface area contributed by atoms with Crippen molar-refractivity contribution in [2.24, 2.45) is 0 Å². The SMILES string of the molecule is C=C[CH2][Zn][CH2]CC[CH2][Zn][CH2]C=C. The third-order valence-electron chi connectivity index (χ3n) is 2.07. The molecular formula is C10H18Zn2. The molecule has 0 spiro atoms. The van der Waals surface area contributed by atoms with Crippen LogP contribution in [0.3, 0.4) is 0 Å². The monoisotopic (exact) mass is 266 g/mol. The van der Waals surface area contributed by atoms with Crippen LogP contribution < -0.4 is 0 Å². The van der Waals surface area contributed by atoms with Crippen molar-refractivity contribution in [2.75, 3.05) is 0 Å². The number of allylic oxidation sites excluding steroid dienone is 2. The molecule has 0 saturated carbocycles. The minimum absolute atomic E-state index is 0.127. The van der Waals surface area contributed by atoms with Crippen LogP contribution in [0.2, 0.25) is 20.1 Å². The van der Waals surface area contributed by atoms with Crippen LogP contribution >= 0.6 is 0 Å². The molecule has 62 valence electrons. The Kier molecular flexibility index (Phi) is 12.4. The van der Waals surface area contributed by atoms with Crippen LogP contribution in [0.1, 0.15) is 12.8 Å². The van der Waals surface area contributed by atoms with Crippen molar-refractivity contribution >= 4 is 0 Å². The summed E-state index contributed by atoms with van der Waals surface area (Å²) < 4.78 is 0. The van der Waals surface area contributed by atoms with E-state index in [1.54, 1.807) is 10.0 Å². The van der Waals surface area contributed by atoms with Crippen LogP contribution in [0.4, 0.5) is 0 Å². The van der Waals surface area contributed by atoms with Gasteiger partial charge < -0.3 is 0 Å². The second kappa shape index (κ2) is 11.7. The Morgan fingerprint density at radius 2 is 1.25 bits per heavy atom. The van der Waals surface area contributed by atoms with Gasteiger partial charge in [0, 0.05) is 0 Å². The molecule has 0 aliphatic heterocycles. The predicted octanol–water partition coefficient (Wildman–Crippen LogP) is 3.98. The third-order valence-corrected chi connectivity index (χ3v) is 9.69. The molecule has 0 radical (unpaired) electrons. The van der Waals surface area contributed by atoms with Crippen LogP contribution in [0.5, 0.6) is 0 Å². The first-order valence-electron chi connectivity index (χ1n) is 5.13. The number of hydrogen-bond acceptors (Lipinski definition) is 0. The zero-order chi connectivity index (χ0) is 9.07. The molecule has 0 atom stereocenters. The molecular weight excluding hydrogens is 251 g/mol. The van der Waals surface area contributed by atoms with Crippen molar-refractivity contribution < 1.29 is 34.3 Å². The molecule has 0 rings (SSSR count). The third kappa shape index (κ3) is 10.7. The Morgan fingerprint density at radius 1 is 0.833 bits per heavy atom. The fourth-order valence-corrected chi connectivity index (χ4v) is 6.67. The summed E-state index contributed by atoms with van der Waals surface area (Å²) in [6.45, 7) is 7.53. The molecule has 0 saturated heterocycles. The molecule has 0 nitrogen and oxygen atoms in total. The van der Waals surface area contributed by atoms with Gasteiger partial charge in [0.2, 0.25) is 0 Å². The van der Waals surface area contributed by atoms with Crippen molar-refractivity contribution in [3.05, 3.63) is 25.3 Å². The van der Waals surface area contributed by atoms with Crippen molar-refractivity contribution in [2.45, 2.75) is 32.9 Å². The second-order valence-corrected chi connectivity index (χ2v) is 11.6. The summed E-state index contributed by atoms with van der Waals surface area (Å²) in [5, 5.41) is 5.97. The number of hydrogen-bond donors (Lipinski definition) is 0. The maximum atomic E-state index is 3.76. The van der Waals surface area contributed by atoms with Gasteiger partial charge in [0.1, 0.15) is 0 Å². The summed E-state index contributed by atoms with van der Waals surface area (Å²) in [6.07, 6.45) is 7.26. The van der Waals surface area contributed by atoms with Crippen LogP contribution in [0, 0.1) is 0 Å². The first-order valence-corrected chi connectivity index (χ1v) is 13.5. The van der Waals surface area contributed by atoms with Crippen molar-refractivity contribution in [1.29, 1.82) is 0 Å². The van der Waals surface area contributed by atoms with E-state index in [0.29, 0.717) is 0 Å². The van der Waals surface area contributed by atoms with Gasteiger partial charge >= 0.3 is 92.5 Å². The Morgan fingerprint density at radius 3 is 1.58 bits per heavy atom. The van der Waals surface area contributed by atoms with E-state index in [9.17, 15) is 0 Å². The summed E-state index contributed by atoms with van der Waals surface area (Å²) in [7, 11) is 0. The molecule has 0 amide bonds. The molecule has 0 aromatic carbocycles. The van der Waals surface area contributed by atoms with Crippen LogP contribution in [0.15, 0.2) is 25.3 Å². The number of unbranched alkanes of at least 4 members (excludes halogenated alkanes) is 1. The zero-order valence-electron chi connectivity index (χ0n) is 8.23. The van der Waals surface area contributed by atoms with Gasteiger partial charge in [-0.15, -0.1) is 0 Å². The molecule has 0 aliphatic rings. The van der Waals surface area contributed by atoms with Crippen molar-refractivity contribution in [1.82, 2.24) is 0 Å². The van der Waals surface area contributed by atoms with E-state index in [1.807, 2.05) is 0 Å². The van der Waals surface area contributed by atoms with E-state index < -0.39 is 0 Å². The Hall–Kier alpha value is 0.727. The van der Waals surface area contributed by atoms with E-state index >= 15 is 0 Å². The molecule has 0 aromatic heterocycles. The van der Waals surface area contributed by atoms with E-state index in [-0.39, 0.29) is 34.3 Å². The Balaban J connectivity index is 2.81. The van der Waals surface area contributed by atoms with Gasteiger partial charge in [0.05, 0.1) is 0 Å². The predicted molar refractivity (Wildman–Crippen MR) is 48.9 cm³/mol. The summed E-state index contributed by atoms with van der Waals surface area (Å²) >= 11 is -0.255. The topological polar surface area (TPSA) is 0 Å². The van der Waals surface area contributed by atoms with Gasteiger partial charge in [-0.05, 0) is 0 Å². The molecule has 0 heterocycles.